The van der Waals surface area contributed by atoms with E-state index in [4.69, 9.17) is 21.1 Å². The van der Waals surface area contributed by atoms with E-state index in [2.05, 4.69) is 0 Å². The van der Waals surface area contributed by atoms with Gasteiger partial charge in [0.15, 0.2) is 0 Å². The molecule has 0 fully saturated rings. The summed E-state index contributed by atoms with van der Waals surface area (Å²) in [5.41, 5.74) is 0.969. The van der Waals surface area contributed by atoms with Crippen molar-refractivity contribution in [2.75, 3.05) is 7.11 Å². The third kappa shape index (κ3) is 3.40. The number of hydrogen-bond acceptors (Lipinski definition) is 3. The molecule has 0 unspecified atom stereocenters. The minimum absolute atomic E-state index is 0.0600. The summed E-state index contributed by atoms with van der Waals surface area (Å²) < 4.78 is 24.2. The number of benzene rings is 2. The second kappa shape index (κ2) is 6.59. The Morgan fingerprint density at radius 1 is 1.15 bits per heavy atom. The smallest absolute Gasteiger partial charge is 0.133 e. The van der Waals surface area contributed by atoms with E-state index in [9.17, 15) is 9.50 Å². The molecular formula is C15H14ClFO3. The van der Waals surface area contributed by atoms with Gasteiger partial charge in [0.1, 0.15) is 23.9 Å². The van der Waals surface area contributed by atoms with Gasteiger partial charge >= 0.3 is 0 Å². The summed E-state index contributed by atoms with van der Waals surface area (Å²) in [4.78, 5) is 0. The predicted molar refractivity (Wildman–Crippen MR) is 74.7 cm³/mol. The highest BCUT2D eigenvalue weighted by molar-refractivity contribution is 6.30. The van der Waals surface area contributed by atoms with Gasteiger partial charge in [0, 0.05) is 22.2 Å². The molecule has 0 saturated heterocycles. The second-order valence-electron chi connectivity index (χ2n) is 4.16. The Hall–Kier alpha value is -1.78. The zero-order valence-corrected chi connectivity index (χ0v) is 11.7. The normalized spacial score (nSPS) is 10.4. The first-order chi connectivity index (χ1) is 9.63. The van der Waals surface area contributed by atoms with E-state index < -0.39 is 5.82 Å². The van der Waals surface area contributed by atoms with Crippen LogP contribution < -0.4 is 9.47 Å². The van der Waals surface area contributed by atoms with E-state index in [0.29, 0.717) is 27.6 Å². The van der Waals surface area contributed by atoms with Gasteiger partial charge in [0.25, 0.3) is 0 Å². The van der Waals surface area contributed by atoms with E-state index in [1.807, 2.05) is 0 Å². The van der Waals surface area contributed by atoms with Crippen molar-refractivity contribution in [2.24, 2.45) is 0 Å². The lowest BCUT2D eigenvalue weighted by molar-refractivity contribution is 0.257. The molecule has 2 aromatic rings. The third-order valence-corrected chi connectivity index (χ3v) is 3.07. The summed E-state index contributed by atoms with van der Waals surface area (Å²) in [6.45, 7) is -0.133. The summed E-state index contributed by atoms with van der Waals surface area (Å²) in [7, 11) is 1.48. The lowest BCUT2D eigenvalue weighted by atomic mass is 10.2. The van der Waals surface area contributed by atoms with Gasteiger partial charge in [-0.2, -0.15) is 0 Å². The summed E-state index contributed by atoms with van der Waals surface area (Å²) in [5.74, 6) is 0.532. The predicted octanol–water partition coefficient (Wildman–Crippen LogP) is 3.56. The topological polar surface area (TPSA) is 38.7 Å². The van der Waals surface area contributed by atoms with Gasteiger partial charge in [0.05, 0.1) is 13.7 Å². The molecule has 0 saturated carbocycles. The maximum atomic E-state index is 13.8. The number of rotatable bonds is 5. The van der Waals surface area contributed by atoms with Gasteiger partial charge in [-0.3, -0.25) is 0 Å². The Morgan fingerprint density at radius 3 is 2.60 bits per heavy atom. The van der Waals surface area contributed by atoms with Gasteiger partial charge in [-0.15, -0.1) is 0 Å². The zero-order valence-electron chi connectivity index (χ0n) is 10.9. The molecule has 0 atom stereocenters. The lowest BCUT2D eigenvalue weighted by Crippen LogP contribution is -2.01. The number of halogens is 2. The molecule has 0 aromatic heterocycles. The van der Waals surface area contributed by atoms with Gasteiger partial charge < -0.3 is 14.6 Å². The summed E-state index contributed by atoms with van der Waals surface area (Å²) >= 11 is 5.83. The Kier molecular flexibility index (Phi) is 4.82. The SMILES string of the molecule is COc1ccc(COc2ccc(Cl)cc2CO)c(F)c1. The number of aliphatic hydroxyl groups is 1. The van der Waals surface area contributed by atoms with E-state index in [0.717, 1.165) is 0 Å². The molecule has 106 valence electrons. The second-order valence-corrected chi connectivity index (χ2v) is 4.59. The van der Waals surface area contributed by atoms with Crippen molar-refractivity contribution in [3.63, 3.8) is 0 Å². The van der Waals surface area contributed by atoms with Crippen LogP contribution in [0.3, 0.4) is 0 Å². The van der Waals surface area contributed by atoms with Crippen LogP contribution in [0.15, 0.2) is 36.4 Å². The zero-order chi connectivity index (χ0) is 14.5. The third-order valence-electron chi connectivity index (χ3n) is 2.84. The average Bonchev–Trinajstić information content (AvgIpc) is 2.46. The van der Waals surface area contributed by atoms with Crippen molar-refractivity contribution in [3.05, 3.63) is 58.4 Å². The van der Waals surface area contributed by atoms with Crippen LogP contribution in [-0.2, 0) is 13.2 Å². The molecule has 0 aliphatic heterocycles. The van der Waals surface area contributed by atoms with Gasteiger partial charge in [0.2, 0.25) is 0 Å². The molecule has 5 heteroatoms. The lowest BCUT2D eigenvalue weighted by Gasteiger charge is -2.11. The highest BCUT2D eigenvalue weighted by Gasteiger charge is 2.08. The monoisotopic (exact) mass is 296 g/mol. The Bertz CT molecular complexity index is 602. The highest BCUT2D eigenvalue weighted by atomic mass is 35.5. The summed E-state index contributed by atoms with van der Waals surface area (Å²) in [6.07, 6.45) is 0. The molecule has 0 radical (unpaired) electrons. The molecule has 3 nitrogen and oxygen atoms in total. The van der Waals surface area contributed by atoms with Gasteiger partial charge in [-0.1, -0.05) is 11.6 Å². The van der Waals surface area contributed by atoms with Gasteiger partial charge in [-0.05, 0) is 30.3 Å². The first-order valence-electron chi connectivity index (χ1n) is 5.98. The first-order valence-corrected chi connectivity index (χ1v) is 6.36. The molecule has 20 heavy (non-hydrogen) atoms. The van der Waals surface area contributed by atoms with Crippen molar-refractivity contribution in [3.8, 4) is 11.5 Å². The van der Waals surface area contributed by atoms with Crippen LogP contribution in [0.4, 0.5) is 4.39 Å². The summed E-state index contributed by atoms with van der Waals surface area (Å²) in [5, 5.41) is 9.74. The fraction of sp³-hybridized carbons (Fsp3) is 0.200. The number of ether oxygens (including phenoxy) is 2. The molecule has 2 rings (SSSR count). The summed E-state index contributed by atoms with van der Waals surface area (Å²) in [6, 6.07) is 9.48. The minimum Gasteiger partial charge on any atom is -0.497 e. The molecule has 0 bridgehead atoms. The van der Waals surface area contributed by atoms with Crippen molar-refractivity contribution in [1.82, 2.24) is 0 Å². The van der Waals surface area contributed by atoms with Crippen molar-refractivity contribution >= 4 is 11.6 Å². The molecule has 0 aliphatic carbocycles. The quantitative estimate of drug-likeness (QED) is 0.917. The standard InChI is InChI=1S/C15H14ClFO3/c1-19-13-4-2-10(14(17)7-13)9-20-15-5-3-12(16)6-11(15)8-18/h2-7,18H,8-9H2,1H3. The van der Waals surface area contributed by atoms with Crippen LogP contribution in [0.1, 0.15) is 11.1 Å². The van der Waals surface area contributed by atoms with Crippen LogP contribution in [-0.4, -0.2) is 12.2 Å². The van der Waals surface area contributed by atoms with Crippen molar-refractivity contribution < 1.29 is 19.0 Å². The molecule has 0 heterocycles. The number of hydrogen-bond donors (Lipinski definition) is 1. The molecule has 0 amide bonds. The van der Waals surface area contributed by atoms with Crippen LogP contribution in [0.2, 0.25) is 5.02 Å². The maximum Gasteiger partial charge on any atom is 0.133 e. The molecule has 2 aromatic carbocycles. The largest absolute Gasteiger partial charge is 0.497 e. The Balaban J connectivity index is 2.12. The first kappa shape index (κ1) is 14.6. The van der Waals surface area contributed by atoms with Crippen LogP contribution in [0, 0.1) is 5.82 Å². The van der Waals surface area contributed by atoms with Crippen molar-refractivity contribution in [2.45, 2.75) is 13.2 Å². The maximum absolute atomic E-state index is 13.8. The number of aliphatic hydroxyl groups excluding tert-OH is 1. The van der Waals surface area contributed by atoms with Crippen molar-refractivity contribution in [1.29, 1.82) is 0 Å². The van der Waals surface area contributed by atoms with E-state index >= 15 is 0 Å². The van der Waals surface area contributed by atoms with Crippen LogP contribution in [0.5, 0.6) is 11.5 Å². The van der Waals surface area contributed by atoms with Crippen LogP contribution in [0.25, 0.3) is 0 Å². The molecule has 0 aliphatic rings. The number of methoxy groups -OCH3 is 1. The van der Waals surface area contributed by atoms with E-state index in [1.165, 1.54) is 13.2 Å². The molecular weight excluding hydrogens is 283 g/mol. The van der Waals surface area contributed by atoms with Gasteiger partial charge in [-0.25, -0.2) is 4.39 Å². The fourth-order valence-corrected chi connectivity index (χ4v) is 1.93. The average molecular weight is 297 g/mol. The van der Waals surface area contributed by atoms with E-state index in [1.54, 1.807) is 30.3 Å². The molecule has 0 spiro atoms. The molecule has 1 N–H and O–H groups in total. The van der Waals surface area contributed by atoms with Crippen LogP contribution >= 0.6 is 11.6 Å². The van der Waals surface area contributed by atoms with E-state index in [-0.39, 0.29) is 13.2 Å². The highest BCUT2D eigenvalue weighted by Crippen LogP contribution is 2.24. The Labute approximate surface area is 121 Å². The Morgan fingerprint density at radius 2 is 1.95 bits per heavy atom. The fourth-order valence-electron chi connectivity index (χ4n) is 1.74. The minimum atomic E-state index is -0.399.